The molecular weight excluding hydrogens is 317 g/mol. The van der Waals surface area contributed by atoms with E-state index in [1.54, 1.807) is 12.1 Å². The second-order valence-corrected chi connectivity index (χ2v) is 5.84. The molecule has 2 N–H and O–H groups in total. The second kappa shape index (κ2) is 6.66. The molecule has 2 aromatic carbocycles. The Morgan fingerprint density at radius 3 is 2.83 bits per heavy atom. The average molecular weight is 334 g/mol. The monoisotopic (exact) mass is 333 g/mol. The van der Waals surface area contributed by atoms with Gasteiger partial charge in [-0.3, -0.25) is 0 Å². The largest absolute Gasteiger partial charge is 0.392 e. The van der Waals surface area contributed by atoms with Crippen molar-refractivity contribution in [2.75, 3.05) is 0 Å². The number of hydrogen-bond donors (Lipinski definition) is 2. The van der Waals surface area contributed by atoms with Crippen molar-refractivity contribution in [3.8, 4) is 0 Å². The molecular formula is C17H17ClFN3O. The van der Waals surface area contributed by atoms with Gasteiger partial charge in [0.1, 0.15) is 11.6 Å². The molecule has 0 radical (unpaired) electrons. The number of aryl methyl sites for hydroxylation is 1. The summed E-state index contributed by atoms with van der Waals surface area (Å²) in [5, 5.41) is 13.1. The third-order valence-corrected chi connectivity index (χ3v) is 4.06. The summed E-state index contributed by atoms with van der Waals surface area (Å²) in [6.45, 7) is 0.844. The molecule has 0 aliphatic heterocycles. The third kappa shape index (κ3) is 3.37. The van der Waals surface area contributed by atoms with Crippen molar-refractivity contribution in [1.82, 2.24) is 14.9 Å². The van der Waals surface area contributed by atoms with Crippen molar-refractivity contribution in [3.05, 3.63) is 64.2 Å². The zero-order valence-electron chi connectivity index (χ0n) is 12.7. The summed E-state index contributed by atoms with van der Waals surface area (Å²) in [7, 11) is 1.96. The minimum absolute atomic E-state index is 0.300. The first-order chi connectivity index (χ1) is 11.1. The van der Waals surface area contributed by atoms with Crippen molar-refractivity contribution in [2.45, 2.75) is 19.7 Å². The maximum Gasteiger partial charge on any atom is 0.128 e. The Bertz CT molecular complexity index is 847. The van der Waals surface area contributed by atoms with E-state index < -0.39 is 0 Å². The van der Waals surface area contributed by atoms with Crippen LogP contribution in [0.2, 0.25) is 5.02 Å². The number of fused-ring (bicyclic) bond motifs is 1. The maximum absolute atomic E-state index is 13.4. The van der Waals surface area contributed by atoms with Crippen LogP contribution in [0, 0.1) is 5.82 Å². The van der Waals surface area contributed by atoms with Gasteiger partial charge in [0, 0.05) is 24.2 Å². The first kappa shape index (κ1) is 15.9. The van der Waals surface area contributed by atoms with Gasteiger partial charge in [0.25, 0.3) is 0 Å². The Labute approximate surface area is 138 Å². The molecule has 4 nitrogen and oxygen atoms in total. The van der Waals surface area contributed by atoms with E-state index >= 15 is 0 Å². The lowest BCUT2D eigenvalue weighted by Crippen LogP contribution is -2.16. The lowest BCUT2D eigenvalue weighted by Gasteiger charge is -2.07. The van der Waals surface area contributed by atoms with Gasteiger partial charge in [-0.25, -0.2) is 9.37 Å². The van der Waals surface area contributed by atoms with Crippen LogP contribution in [0.5, 0.6) is 0 Å². The summed E-state index contributed by atoms with van der Waals surface area (Å²) in [5.41, 5.74) is 3.11. The molecule has 0 fully saturated rings. The van der Waals surface area contributed by atoms with Crippen molar-refractivity contribution < 1.29 is 9.50 Å². The van der Waals surface area contributed by atoms with Crippen LogP contribution < -0.4 is 5.32 Å². The van der Waals surface area contributed by atoms with Crippen LogP contribution in [0.15, 0.2) is 36.4 Å². The fraction of sp³-hybridized carbons (Fsp3) is 0.235. The molecule has 0 atom stereocenters. The van der Waals surface area contributed by atoms with Gasteiger partial charge in [-0.05, 0) is 35.9 Å². The van der Waals surface area contributed by atoms with Crippen LogP contribution in [0.25, 0.3) is 11.0 Å². The molecule has 0 saturated heterocycles. The highest BCUT2D eigenvalue weighted by Crippen LogP contribution is 2.19. The van der Waals surface area contributed by atoms with Crippen LogP contribution in [0.3, 0.4) is 0 Å². The van der Waals surface area contributed by atoms with E-state index in [-0.39, 0.29) is 12.4 Å². The predicted octanol–water partition coefficient (Wildman–Crippen LogP) is 3.15. The predicted molar refractivity (Wildman–Crippen MR) is 88.6 cm³/mol. The molecule has 0 aliphatic rings. The molecule has 23 heavy (non-hydrogen) atoms. The Morgan fingerprint density at radius 2 is 2.04 bits per heavy atom. The minimum atomic E-state index is -0.386. The topological polar surface area (TPSA) is 50.1 Å². The van der Waals surface area contributed by atoms with Gasteiger partial charge in [0.2, 0.25) is 0 Å². The van der Waals surface area contributed by atoms with Gasteiger partial charge in [-0.1, -0.05) is 17.7 Å². The zero-order valence-corrected chi connectivity index (χ0v) is 13.4. The van der Waals surface area contributed by atoms with E-state index in [9.17, 15) is 4.39 Å². The highest BCUT2D eigenvalue weighted by atomic mass is 35.5. The van der Waals surface area contributed by atoms with Crippen LogP contribution >= 0.6 is 11.6 Å². The van der Waals surface area contributed by atoms with E-state index in [0.29, 0.717) is 23.7 Å². The van der Waals surface area contributed by atoms with Gasteiger partial charge < -0.3 is 15.0 Å². The van der Waals surface area contributed by atoms with E-state index in [1.807, 2.05) is 29.8 Å². The summed E-state index contributed by atoms with van der Waals surface area (Å²) in [5.74, 6) is 0.509. The molecule has 0 aliphatic carbocycles. The fourth-order valence-corrected chi connectivity index (χ4v) is 2.73. The number of benzene rings is 2. The Morgan fingerprint density at radius 1 is 1.22 bits per heavy atom. The van der Waals surface area contributed by atoms with Crippen LogP contribution in [0.4, 0.5) is 4.39 Å². The van der Waals surface area contributed by atoms with Crippen LogP contribution in [0.1, 0.15) is 17.0 Å². The number of aliphatic hydroxyl groups is 1. The lowest BCUT2D eigenvalue weighted by molar-refractivity contribution is 0.275. The van der Waals surface area contributed by atoms with Crippen molar-refractivity contribution in [3.63, 3.8) is 0 Å². The van der Waals surface area contributed by atoms with Gasteiger partial charge in [-0.15, -0.1) is 0 Å². The normalized spacial score (nSPS) is 11.3. The molecule has 0 spiro atoms. The molecule has 0 amide bonds. The summed E-state index contributed by atoms with van der Waals surface area (Å²) in [6.07, 6.45) is 0. The van der Waals surface area contributed by atoms with Gasteiger partial charge in [0.05, 0.1) is 24.2 Å². The third-order valence-electron chi connectivity index (χ3n) is 3.83. The molecule has 6 heteroatoms. The number of aliphatic hydroxyl groups excluding tert-OH is 1. The molecule has 3 aromatic rings. The second-order valence-electron chi connectivity index (χ2n) is 5.41. The molecule has 1 aromatic heterocycles. The van der Waals surface area contributed by atoms with Gasteiger partial charge >= 0.3 is 0 Å². The Balaban J connectivity index is 1.70. The summed E-state index contributed by atoms with van der Waals surface area (Å²) < 4.78 is 15.4. The molecule has 0 unspecified atom stereocenters. The Hall–Kier alpha value is -1.95. The van der Waals surface area contributed by atoms with E-state index in [0.717, 1.165) is 22.4 Å². The number of nitrogens with one attached hydrogen (secondary N) is 1. The number of halogens is 2. The standard InChI is InChI=1S/C17H17ClFN3O/c1-22-16-5-3-13(18)7-15(16)21-17(22)9-20-8-11-2-4-14(19)12(6-11)10-23/h2-7,20,23H,8-10H2,1H3. The molecule has 120 valence electrons. The molecule has 0 saturated carbocycles. The highest BCUT2D eigenvalue weighted by molar-refractivity contribution is 6.31. The summed E-state index contributed by atoms with van der Waals surface area (Å²) >= 11 is 5.99. The summed E-state index contributed by atoms with van der Waals surface area (Å²) in [6, 6.07) is 10.4. The fourth-order valence-electron chi connectivity index (χ4n) is 2.56. The van der Waals surface area contributed by atoms with Crippen molar-refractivity contribution in [1.29, 1.82) is 0 Å². The number of hydrogen-bond acceptors (Lipinski definition) is 3. The van der Waals surface area contributed by atoms with E-state index in [4.69, 9.17) is 16.7 Å². The molecule has 1 heterocycles. The molecule has 3 rings (SSSR count). The smallest absolute Gasteiger partial charge is 0.128 e. The Kier molecular flexibility index (Phi) is 4.61. The number of aromatic nitrogens is 2. The maximum atomic E-state index is 13.4. The lowest BCUT2D eigenvalue weighted by atomic mass is 10.1. The molecule has 0 bridgehead atoms. The van der Waals surface area contributed by atoms with Crippen LogP contribution in [-0.2, 0) is 26.7 Å². The zero-order chi connectivity index (χ0) is 16.4. The number of imidazole rings is 1. The average Bonchev–Trinajstić information content (AvgIpc) is 2.84. The number of rotatable bonds is 5. The first-order valence-corrected chi connectivity index (χ1v) is 7.66. The summed E-state index contributed by atoms with van der Waals surface area (Å²) in [4.78, 5) is 4.57. The highest BCUT2D eigenvalue weighted by Gasteiger charge is 2.08. The number of nitrogens with zero attached hydrogens (tertiary/aromatic N) is 2. The SMILES string of the molecule is Cn1c(CNCc2ccc(F)c(CO)c2)nc2cc(Cl)ccc21. The van der Waals surface area contributed by atoms with E-state index in [2.05, 4.69) is 10.3 Å². The van der Waals surface area contributed by atoms with Crippen molar-refractivity contribution in [2.24, 2.45) is 7.05 Å². The quantitative estimate of drug-likeness (QED) is 0.754. The van der Waals surface area contributed by atoms with Crippen molar-refractivity contribution >= 4 is 22.6 Å². The van der Waals surface area contributed by atoms with E-state index in [1.165, 1.54) is 6.07 Å². The van der Waals surface area contributed by atoms with Crippen LogP contribution in [-0.4, -0.2) is 14.7 Å². The first-order valence-electron chi connectivity index (χ1n) is 7.28. The van der Waals surface area contributed by atoms with Gasteiger partial charge in [0.15, 0.2) is 0 Å². The minimum Gasteiger partial charge on any atom is -0.392 e. The van der Waals surface area contributed by atoms with Gasteiger partial charge in [-0.2, -0.15) is 0 Å².